The summed E-state index contributed by atoms with van der Waals surface area (Å²) in [6, 6.07) is -0.0245. The molecule has 4 heteroatoms. The Hall–Kier alpha value is -0.770. The minimum atomic E-state index is -0.0245. The first-order valence-corrected chi connectivity index (χ1v) is 6.96. The molecule has 0 radical (unpaired) electrons. The molecule has 1 aliphatic heterocycles. The Bertz CT molecular complexity index is 221. The Morgan fingerprint density at radius 1 is 1.35 bits per heavy atom. The van der Waals surface area contributed by atoms with Crippen LogP contribution in [0.15, 0.2) is 0 Å². The Labute approximate surface area is 105 Å². The topological polar surface area (TPSA) is 44.4 Å². The Kier molecular flexibility index (Phi) is 7.01. The molecule has 0 aromatic rings. The molecule has 100 valence electrons. The zero-order chi connectivity index (χ0) is 12.5. The minimum Gasteiger partial charge on any atom is -0.338 e. The maximum absolute atomic E-state index is 11.4. The predicted molar refractivity (Wildman–Crippen MR) is 71.1 cm³/mol. The first kappa shape index (κ1) is 14.3. The van der Waals surface area contributed by atoms with Crippen LogP contribution in [0, 0.1) is 5.92 Å². The summed E-state index contributed by atoms with van der Waals surface area (Å²) in [4.78, 5) is 13.8. The normalized spacial score (nSPS) is 21.2. The zero-order valence-electron chi connectivity index (χ0n) is 11.3. The van der Waals surface area contributed by atoms with Crippen LogP contribution < -0.4 is 10.6 Å². The molecule has 1 heterocycles. The standard InChI is InChI=1S/C13H27N3O/c1-3-4-7-14-13(17)15-8-10-16-9-5-6-12(2)11-16/h12H,3-11H2,1-2H3,(H2,14,15,17). The van der Waals surface area contributed by atoms with Crippen LogP contribution in [0.4, 0.5) is 4.79 Å². The fourth-order valence-corrected chi connectivity index (χ4v) is 2.26. The SMILES string of the molecule is CCCCNC(=O)NCCN1CCCC(C)C1. The average Bonchev–Trinajstić information content (AvgIpc) is 2.29. The van der Waals surface area contributed by atoms with E-state index < -0.39 is 0 Å². The number of unbranched alkanes of at least 4 members (excludes halogenated alkanes) is 1. The van der Waals surface area contributed by atoms with E-state index in [0.29, 0.717) is 0 Å². The van der Waals surface area contributed by atoms with Gasteiger partial charge in [0.2, 0.25) is 0 Å². The van der Waals surface area contributed by atoms with Crippen molar-refractivity contribution in [2.24, 2.45) is 5.92 Å². The van der Waals surface area contributed by atoms with Gasteiger partial charge >= 0.3 is 6.03 Å². The van der Waals surface area contributed by atoms with E-state index in [2.05, 4.69) is 29.4 Å². The summed E-state index contributed by atoms with van der Waals surface area (Å²) in [5, 5.41) is 5.77. The first-order valence-electron chi connectivity index (χ1n) is 6.96. The number of amides is 2. The number of likely N-dealkylation sites (tertiary alicyclic amines) is 1. The van der Waals surface area contributed by atoms with Crippen molar-refractivity contribution in [3.63, 3.8) is 0 Å². The van der Waals surface area contributed by atoms with Crippen LogP contribution in [-0.2, 0) is 0 Å². The van der Waals surface area contributed by atoms with E-state index in [1.54, 1.807) is 0 Å². The van der Waals surface area contributed by atoms with Crippen molar-refractivity contribution >= 4 is 6.03 Å². The molecule has 0 saturated carbocycles. The molecule has 17 heavy (non-hydrogen) atoms. The number of nitrogens with one attached hydrogen (secondary N) is 2. The van der Waals surface area contributed by atoms with Crippen molar-refractivity contribution in [3.8, 4) is 0 Å². The van der Waals surface area contributed by atoms with Crippen LogP contribution in [0.5, 0.6) is 0 Å². The molecule has 0 aliphatic carbocycles. The van der Waals surface area contributed by atoms with Gasteiger partial charge in [0.15, 0.2) is 0 Å². The predicted octanol–water partition coefficient (Wildman–Crippen LogP) is 1.82. The highest BCUT2D eigenvalue weighted by Crippen LogP contribution is 2.14. The third kappa shape index (κ3) is 6.51. The summed E-state index contributed by atoms with van der Waals surface area (Å²) < 4.78 is 0. The van der Waals surface area contributed by atoms with Crippen molar-refractivity contribution in [1.82, 2.24) is 15.5 Å². The lowest BCUT2D eigenvalue weighted by molar-refractivity contribution is 0.184. The second-order valence-electron chi connectivity index (χ2n) is 5.08. The van der Waals surface area contributed by atoms with E-state index in [9.17, 15) is 4.79 Å². The Balaban J connectivity index is 2.00. The van der Waals surface area contributed by atoms with Crippen LogP contribution >= 0.6 is 0 Å². The fraction of sp³-hybridized carbons (Fsp3) is 0.923. The second-order valence-corrected chi connectivity index (χ2v) is 5.08. The smallest absolute Gasteiger partial charge is 0.314 e. The molecule has 1 atom stereocenters. The number of piperidine rings is 1. The highest BCUT2D eigenvalue weighted by atomic mass is 16.2. The van der Waals surface area contributed by atoms with Gasteiger partial charge in [0, 0.05) is 26.2 Å². The molecule has 2 N–H and O–H groups in total. The molecule has 0 aromatic heterocycles. The second kappa shape index (κ2) is 8.34. The number of carbonyl (C=O) groups is 1. The number of carbonyl (C=O) groups excluding carboxylic acids is 1. The molecule has 4 nitrogen and oxygen atoms in total. The van der Waals surface area contributed by atoms with E-state index in [4.69, 9.17) is 0 Å². The number of hydrogen-bond acceptors (Lipinski definition) is 2. The number of hydrogen-bond donors (Lipinski definition) is 2. The number of rotatable bonds is 6. The van der Waals surface area contributed by atoms with Crippen LogP contribution in [-0.4, -0.2) is 43.7 Å². The molecule has 1 fully saturated rings. The Morgan fingerprint density at radius 3 is 2.82 bits per heavy atom. The van der Waals surface area contributed by atoms with E-state index in [-0.39, 0.29) is 6.03 Å². The van der Waals surface area contributed by atoms with Crippen LogP contribution in [0.3, 0.4) is 0 Å². The summed E-state index contributed by atoms with van der Waals surface area (Å²) in [5.74, 6) is 0.808. The minimum absolute atomic E-state index is 0.0245. The van der Waals surface area contributed by atoms with E-state index in [1.807, 2.05) is 0 Å². The third-order valence-corrected chi connectivity index (χ3v) is 3.27. The molecule has 1 rings (SSSR count). The zero-order valence-corrected chi connectivity index (χ0v) is 11.3. The van der Waals surface area contributed by atoms with Crippen molar-refractivity contribution in [2.75, 3.05) is 32.7 Å². The van der Waals surface area contributed by atoms with Gasteiger partial charge in [-0.3, -0.25) is 0 Å². The van der Waals surface area contributed by atoms with E-state index in [0.717, 1.165) is 38.4 Å². The van der Waals surface area contributed by atoms with Crippen LogP contribution in [0.25, 0.3) is 0 Å². The van der Waals surface area contributed by atoms with Gasteiger partial charge in [0.1, 0.15) is 0 Å². The maximum atomic E-state index is 11.4. The molecule has 2 amide bonds. The lowest BCUT2D eigenvalue weighted by Crippen LogP contribution is -2.43. The summed E-state index contributed by atoms with van der Waals surface area (Å²) >= 11 is 0. The van der Waals surface area contributed by atoms with Gasteiger partial charge in [-0.05, 0) is 31.7 Å². The van der Waals surface area contributed by atoms with Gasteiger partial charge in [0.25, 0.3) is 0 Å². The Morgan fingerprint density at radius 2 is 2.12 bits per heavy atom. The molecule has 0 bridgehead atoms. The number of urea groups is 1. The van der Waals surface area contributed by atoms with Gasteiger partial charge < -0.3 is 15.5 Å². The molecule has 0 spiro atoms. The van der Waals surface area contributed by atoms with Crippen molar-refractivity contribution in [3.05, 3.63) is 0 Å². The van der Waals surface area contributed by atoms with Crippen LogP contribution in [0.2, 0.25) is 0 Å². The highest BCUT2D eigenvalue weighted by molar-refractivity contribution is 5.73. The maximum Gasteiger partial charge on any atom is 0.314 e. The van der Waals surface area contributed by atoms with Gasteiger partial charge in [-0.1, -0.05) is 20.3 Å². The van der Waals surface area contributed by atoms with Gasteiger partial charge in [-0.15, -0.1) is 0 Å². The molecular formula is C13H27N3O. The summed E-state index contributed by atoms with van der Waals surface area (Å²) in [7, 11) is 0. The molecule has 1 aliphatic rings. The molecule has 1 unspecified atom stereocenters. The van der Waals surface area contributed by atoms with Gasteiger partial charge in [0.05, 0.1) is 0 Å². The fourth-order valence-electron chi connectivity index (χ4n) is 2.26. The molecule has 1 saturated heterocycles. The van der Waals surface area contributed by atoms with Crippen molar-refractivity contribution in [2.45, 2.75) is 39.5 Å². The third-order valence-electron chi connectivity index (χ3n) is 3.27. The lowest BCUT2D eigenvalue weighted by Gasteiger charge is -2.30. The largest absolute Gasteiger partial charge is 0.338 e. The summed E-state index contributed by atoms with van der Waals surface area (Å²) in [5.41, 5.74) is 0. The summed E-state index contributed by atoms with van der Waals surface area (Å²) in [6.07, 6.45) is 4.81. The molecule has 0 aromatic carbocycles. The monoisotopic (exact) mass is 241 g/mol. The quantitative estimate of drug-likeness (QED) is 0.697. The van der Waals surface area contributed by atoms with Crippen LogP contribution in [0.1, 0.15) is 39.5 Å². The summed E-state index contributed by atoms with van der Waals surface area (Å²) in [6.45, 7) is 9.30. The van der Waals surface area contributed by atoms with Crippen molar-refractivity contribution in [1.29, 1.82) is 0 Å². The molecular weight excluding hydrogens is 214 g/mol. The highest BCUT2D eigenvalue weighted by Gasteiger charge is 2.15. The van der Waals surface area contributed by atoms with Crippen molar-refractivity contribution < 1.29 is 4.79 Å². The average molecular weight is 241 g/mol. The number of nitrogens with zero attached hydrogens (tertiary/aromatic N) is 1. The van der Waals surface area contributed by atoms with Gasteiger partial charge in [-0.25, -0.2) is 4.79 Å². The van der Waals surface area contributed by atoms with E-state index in [1.165, 1.54) is 25.9 Å². The first-order chi connectivity index (χ1) is 8.22. The van der Waals surface area contributed by atoms with E-state index >= 15 is 0 Å². The van der Waals surface area contributed by atoms with Gasteiger partial charge in [-0.2, -0.15) is 0 Å². The lowest BCUT2D eigenvalue weighted by atomic mass is 10.0.